The number of nitrogens with one attached hydrogen (secondary N) is 2. The van der Waals surface area contributed by atoms with Gasteiger partial charge in [-0.1, -0.05) is 13.8 Å². The monoisotopic (exact) mass is 403 g/mol. The lowest BCUT2D eigenvalue weighted by molar-refractivity contribution is 0.280. The maximum Gasteiger partial charge on any atom is 0.211 e. The Balaban J connectivity index is 2.41. The predicted molar refractivity (Wildman–Crippen MR) is 115 cm³/mol. The molecule has 0 spiro atoms. The first-order valence-corrected chi connectivity index (χ1v) is 12.4. The molecule has 0 bridgehead atoms. The minimum absolute atomic E-state index is 0.380. The van der Waals surface area contributed by atoms with Crippen LogP contribution in [0.5, 0.6) is 0 Å². The number of aliphatic imine (C=N–C) groups is 1. The van der Waals surface area contributed by atoms with Crippen LogP contribution in [0.4, 0.5) is 0 Å². The van der Waals surface area contributed by atoms with Crippen molar-refractivity contribution in [3.05, 3.63) is 0 Å². The Morgan fingerprint density at radius 1 is 1.22 bits per heavy atom. The molecule has 0 aliphatic carbocycles. The van der Waals surface area contributed by atoms with Gasteiger partial charge in [-0.2, -0.15) is 0 Å². The fourth-order valence-electron chi connectivity index (χ4n) is 3.43. The van der Waals surface area contributed by atoms with Crippen molar-refractivity contribution in [3.63, 3.8) is 0 Å². The topological polar surface area (TPSA) is 77.0 Å². The van der Waals surface area contributed by atoms with Crippen molar-refractivity contribution in [2.75, 3.05) is 52.1 Å². The Hall–Kier alpha value is -0.860. The lowest BCUT2D eigenvalue weighted by atomic mass is 9.98. The molecule has 160 valence electrons. The molecule has 0 saturated carbocycles. The quantitative estimate of drug-likeness (QED) is 0.406. The number of hydrogen-bond acceptors (Lipinski definition) is 4. The highest BCUT2D eigenvalue weighted by molar-refractivity contribution is 7.88. The molecule has 0 radical (unpaired) electrons. The summed E-state index contributed by atoms with van der Waals surface area (Å²) in [6, 6.07) is 0.380. The van der Waals surface area contributed by atoms with E-state index in [-0.39, 0.29) is 0 Å². The summed E-state index contributed by atoms with van der Waals surface area (Å²) in [5.74, 6) is 1.33. The van der Waals surface area contributed by atoms with Gasteiger partial charge in [0.2, 0.25) is 10.0 Å². The second-order valence-electron chi connectivity index (χ2n) is 7.54. The van der Waals surface area contributed by atoms with E-state index in [0.29, 0.717) is 25.0 Å². The molecule has 0 amide bonds. The molecule has 1 heterocycles. The summed E-state index contributed by atoms with van der Waals surface area (Å²) < 4.78 is 24.8. The van der Waals surface area contributed by atoms with Crippen molar-refractivity contribution in [3.8, 4) is 0 Å². The average molecular weight is 404 g/mol. The smallest absolute Gasteiger partial charge is 0.211 e. The highest BCUT2D eigenvalue weighted by Gasteiger charge is 2.24. The van der Waals surface area contributed by atoms with Gasteiger partial charge in [-0.25, -0.2) is 12.7 Å². The van der Waals surface area contributed by atoms with Gasteiger partial charge < -0.3 is 15.5 Å². The first-order chi connectivity index (χ1) is 12.8. The Morgan fingerprint density at radius 3 is 2.37 bits per heavy atom. The molecule has 1 atom stereocenters. The lowest BCUT2D eigenvalue weighted by Crippen LogP contribution is -2.43. The number of hydrogen-bond donors (Lipinski definition) is 2. The van der Waals surface area contributed by atoms with Crippen LogP contribution in [0.2, 0.25) is 0 Å². The average Bonchev–Trinajstić information content (AvgIpc) is 2.63. The Morgan fingerprint density at radius 2 is 1.85 bits per heavy atom. The van der Waals surface area contributed by atoms with Crippen molar-refractivity contribution in [2.24, 2.45) is 10.9 Å². The zero-order valence-corrected chi connectivity index (χ0v) is 18.8. The van der Waals surface area contributed by atoms with Crippen LogP contribution >= 0.6 is 0 Å². The van der Waals surface area contributed by atoms with Crippen molar-refractivity contribution in [2.45, 2.75) is 59.4 Å². The third-order valence-corrected chi connectivity index (χ3v) is 6.59. The van der Waals surface area contributed by atoms with Gasteiger partial charge in [-0.05, 0) is 65.1 Å². The summed E-state index contributed by atoms with van der Waals surface area (Å²) in [6.45, 7) is 14.9. The van der Waals surface area contributed by atoms with Crippen molar-refractivity contribution >= 4 is 16.0 Å². The minimum Gasteiger partial charge on any atom is -0.357 e. The van der Waals surface area contributed by atoms with E-state index >= 15 is 0 Å². The Kier molecular flexibility index (Phi) is 11.3. The van der Waals surface area contributed by atoms with Crippen LogP contribution in [0.1, 0.15) is 53.4 Å². The molecule has 1 aliphatic heterocycles. The third kappa shape index (κ3) is 9.76. The van der Waals surface area contributed by atoms with Gasteiger partial charge in [-0.15, -0.1) is 0 Å². The fourth-order valence-corrected chi connectivity index (χ4v) is 4.30. The van der Waals surface area contributed by atoms with Crippen LogP contribution in [-0.4, -0.2) is 81.7 Å². The maximum atomic E-state index is 11.6. The highest BCUT2D eigenvalue weighted by Crippen LogP contribution is 2.19. The van der Waals surface area contributed by atoms with Crippen LogP contribution in [-0.2, 0) is 10.0 Å². The van der Waals surface area contributed by atoms with Crippen LogP contribution < -0.4 is 10.6 Å². The van der Waals surface area contributed by atoms with E-state index in [1.54, 1.807) is 4.31 Å². The third-order valence-electron chi connectivity index (χ3n) is 5.28. The van der Waals surface area contributed by atoms with Gasteiger partial charge in [0.1, 0.15) is 0 Å². The molecule has 0 aromatic carbocycles. The van der Waals surface area contributed by atoms with Crippen molar-refractivity contribution in [1.82, 2.24) is 19.8 Å². The van der Waals surface area contributed by atoms with Gasteiger partial charge in [0, 0.05) is 32.2 Å². The fraction of sp³-hybridized carbons (Fsp3) is 0.947. The molecule has 8 heteroatoms. The molecule has 1 aliphatic rings. The first-order valence-electron chi connectivity index (χ1n) is 10.5. The normalized spacial score (nSPS) is 18.7. The summed E-state index contributed by atoms with van der Waals surface area (Å²) in [4.78, 5) is 7.21. The second-order valence-corrected chi connectivity index (χ2v) is 9.52. The zero-order chi connectivity index (χ0) is 20.3. The Labute approximate surface area is 167 Å². The summed E-state index contributed by atoms with van der Waals surface area (Å²) in [6.07, 6.45) is 5.36. The van der Waals surface area contributed by atoms with Gasteiger partial charge in [0.15, 0.2) is 5.96 Å². The molecular formula is C19H41N5O2S. The Bertz CT molecular complexity index is 526. The number of guanidine groups is 1. The number of nitrogens with zero attached hydrogens (tertiary/aromatic N) is 3. The summed E-state index contributed by atoms with van der Waals surface area (Å²) >= 11 is 0. The molecule has 1 saturated heterocycles. The van der Waals surface area contributed by atoms with Gasteiger partial charge >= 0.3 is 0 Å². The largest absolute Gasteiger partial charge is 0.357 e. The van der Waals surface area contributed by atoms with Gasteiger partial charge in [-0.3, -0.25) is 4.99 Å². The molecule has 1 fully saturated rings. The first kappa shape index (κ1) is 24.2. The molecule has 2 N–H and O–H groups in total. The van der Waals surface area contributed by atoms with Crippen molar-refractivity contribution in [1.29, 1.82) is 0 Å². The number of piperidine rings is 1. The molecule has 0 aromatic rings. The van der Waals surface area contributed by atoms with E-state index in [1.165, 1.54) is 12.7 Å². The van der Waals surface area contributed by atoms with Gasteiger partial charge in [0.25, 0.3) is 0 Å². The standard InChI is InChI=1S/C19H41N5O2S/c1-6-20-19(22-17(4)10-9-13-23(7-2)8-3)21-16-18-11-14-24(15-12-18)27(5,25)26/h17-18H,6-16H2,1-5H3,(H2,20,21,22). The van der Waals surface area contributed by atoms with E-state index < -0.39 is 10.0 Å². The number of sulfonamides is 1. The highest BCUT2D eigenvalue weighted by atomic mass is 32.2. The van der Waals surface area contributed by atoms with E-state index in [9.17, 15) is 8.42 Å². The van der Waals surface area contributed by atoms with Crippen LogP contribution in [0, 0.1) is 5.92 Å². The minimum atomic E-state index is -3.05. The van der Waals surface area contributed by atoms with Gasteiger partial charge in [0.05, 0.1) is 6.26 Å². The van der Waals surface area contributed by atoms with E-state index in [2.05, 4.69) is 43.2 Å². The lowest BCUT2D eigenvalue weighted by Gasteiger charge is -2.29. The summed E-state index contributed by atoms with van der Waals surface area (Å²) in [5.41, 5.74) is 0. The van der Waals surface area contributed by atoms with E-state index in [1.807, 2.05) is 0 Å². The van der Waals surface area contributed by atoms with Crippen LogP contribution in [0.25, 0.3) is 0 Å². The molecule has 27 heavy (non-hydrogen) atoms. The SMILES string of the molecule is CCNC(=NCC1CCN(S(C)(=O)=O)CC1)NC(C)CCCN(CC)CC. The summed E-state index contributed by atoms with van der Waals surface area (Å²) in [5, 5.41) is 6.84. The van der Waals surface area contributed by atoms with E-state index in [4.69, 9.17) is 4.99 Å². The maximum absolute atomic E-state index is 11.6. The van der Waals surface area contributed by atoms with Crippen molar-refractivity contribution < 1.29 is 8.42 Å². The number of rotatable bonds is 11. The zero-order valence-electron chi connectivity index (χ0n) is 18.0. The summed E-state index contributed by atoms with van der Waals surface area (Å²) in [7, 11) is -3.05. The molecule has 0 aromatic heterocycles. The van der Waals surface area contributed by atoms with E-state index in [0.717, 1.165) is 57.9 Å². The second kappa shape index (κ2) is 12.6. The van der Waals surface area contributed by atoms with Crippen LogP contribution in [0.15, 0.2) is 4.99 Å². The van der Waals surface area contributed by atoms with Crippen LogP contribution in [0.3, 0.4) is 0 Å². The molecule has 1 rings (SSSR count). The molecular weight excluding hydrogens is 362 g/mol. The predicted octanol–water partition coefficient (Wildman–Crippen LogP) is 1.72. The molecule has 1 unspecified atom stereocenters. The molecule has 7 nitrogen and oxygen atoms in total.